The van der Waals surface area contributed by atoms with E-state index in [1.165, 1.54) is 0 Å². The van der Waals surface area contributed by atoms with Crippen LogP contribution in [0.3, 0.4) is 0 Å². The molecule has 1 saturated carbocycles. The van der Waals surface area contributed by atoms with Crippen LogP contribution in [-0.4, -0.2) is 38.6 Å². The number of aromatic carboxylic acids is 1. The minimum Gasteiger partial charge on any atom is -0.478 e. The molecule has 2 aromatic heterocycles. The molecule has 6 nitrogen and oxygen atoms in total. The van der Waals surface area contributed by atoms with Gasteiger partial charge in [-0.25, -0.2) is 4.79 Å². The molecule has 0 radical (unpaired) electrons. The second-order valence-corrected chi connectivity index (χ2v) is 6.61. The third kappa shape index (κ3) is 2.29. The smallest absolute Gasteiger partial charge is 0.335 e. The molecular weight excluding hydrogens is 306 g/mol. The topological polar surface area (TPSA) is 69.3 Å². The van der Waals surface area contributed by atoms with E-state index >= 15 is 0 Å². The summed E-state index contributed by atoms with van der Waals surface area (Å²) in [7, 11) is 3.68. The van der Waals surface area contributed by atoms with E-state index < -0.39 is 5.97 Å². The number of carboxylic acid groups (broad SMARTS) is 1. The summed E-state index contributed by atoms with van der Waals surface area (Å²) in [6.07, 6.45) is 6.61. The number of carbonyl (C=O) groups is 1. The number of rotatable bonds is 3. The van der Waals surface area contributed by atoms with Crippen molar-refractivity contribution >= 4 is 27.9 Å². The zero-order chi connectivity index (χ0) is 16.8. The molecule has 4 rings (SSSR count). The van der Waals surface area contributed by atoms with Gasteiger partial charge >= 0.3 is 5.97 Å². The third-order valence-electron chi connectivity index (χ3n) is 5.17. The Morgan fingerprint density at radius 3 is 2.67 bits per heavy atom. The van der Waals surface area contributed by atoms with Crippen molar-refractivity contribution in [1.29, 1.82) is 0 Å². The van der Waals surface area contributed by atoms with Crippen LogP contribution in [0.25, 0.3) is 21.9 Å². The third-order valence-corrected chi connectivity index (χ3v) is 5.17. The lowest BCUT2D eigenvalue weighted by Gasteiger charge is -2.29. The lowest BCUT2D eigenvalue weighted by Crippen LogP contribution is -2.22. The van der Waals surface area contributed by atoms with Crippen LogP contribution in [0, 0.1) is 0 Å². The summed E-state index contributed by atoms with van der Waals surface area (Å²) in [5.74, 6) is -0.908. The zero-order valence-electron chi connectivity index (χ0n) is 13.9. The van der Waals surface area contributed by atoms with Crippen molar-refractivity contribution in [3.05, 3.63) is 30.0 Å². The monoisotopic (exact) mass is 327 g/mol. The van der Waals surface area contributed by atoms with Gasteiger partial charge in [-0.1, -0.05) is 0 Å². The first-order chi connectivity index (χ1) is 11.6. The summed E-state index contributed by atoms with van der Waals surface area (Å²) in [6.45, 7) is 0. The minimum atomic E-state index is -0.908. The Morgan fingerprint density at radius 2 is 2.00 bits per heavy atom. The van der Waals surface area contributed by atoms with Gasteiger partial charge < -0.3 is 14.4 Å². The highest BCUT2D eigenvalue weighted by molar-refractivity contribution is 6.08. The maximum Gasteiger partial charge on any atom is 0.335 e. The van der Waals surface area contributed by atoms with Gasteiger partial charge in [-0.3, -0.25) is 4.68 Å². The quantitative estimate of drug-likeness (QED) is 0.801. The molecule has 0 spiro atoms. The molecule has 6 heteroatoms. The SMILES string of the molecule is CO[C@H]1CC[C@H](n2c3ccc(C(=O)O)cc3c3nn(C)cc32)CC1. The fourth-order valence-corrected chi connectivity index (χ4v) is 3.98. The Bertz CT molecular complexity index is 917. The number of aromatic nitrogens is 3. The largest absolute Gasteiger partial charge is 0.478 e. The lowest BCUT2D eigenvalue weighted by molar-refractivity contribution is 0.0594. The Labute approximate surface area is 139 Å². The van der Waals surface area contributed by atoms with Gasteiger partial charge in [0, 0.05) is 31.8 Å². The highest BCUT2D eigenvalue weighted by Gasteiger charge is 2.26. The molecule has 0 bridgehead atoms. The average molecular weight is 327 g/mol. The summed E-state index contributed by atoms with van der Waals surface area (Å²) >= 11 is 0. The molecule has 0 aliphatic heterocycles. The van der Waals surface area contributed by atoms with Crippen LogP contribution in [-0.2, 0) is 11.8 Å². The van der Waals surface area contributed by atoms with E-state index in [2.05, 4.69) is 9.67 Å². The maximum atomic E-state index is 11.3. The van der Waals surface area contributed by atoms with E-state index in [0.717, 1.165) is 47.6 Å². The zero-order valence-corrected chi connectivity index (χ0v) is 13.9. The predicted octanol–water partition coefficient (Wildman–Crippen LogP) is 3.36. The second kappa shape index (κ2) is 5.63. The van der Waals surface area contributed by atoms with Crippen LogP contribution in [0.2, 0.25) is 0 Å². The van der Waals surface area contributed by atoms with Crippen LogP contribution in [0.15, 0.2) is 24.4 Å². The molecule has 1 N–H and O–H groups in total. The van der Waals surface area contributed by atoms with Crippen molar-refractivity contribution in [2.45, 2.75) is 37.8 Å². The lowest BCUT2D eigenvalue weighted by atomic mass is 9.92. The van der Waals surface area contributed by atoms with Gasteiger partial charge in [0.1, 0.15) is 5.52 Å². The number of hydrogen-bond donors (Lipinski definition) is 1. The first kappa shape index (κ1) is 15.2. The van der Waals surface area contributed by atoms with E-state index in [0.29, 0.717) is 17.7 Å². The number of aryl methyl sites for hydroxylation is 1. The summed E-state index contributed by atoms with van der Waals surface area (Å²) in [5.41, 5.74) is 3.33. The van der Waals surface area contributed by atoms with Crippen molar-refractivity contribution in [1.82, 2.24) is 14.3 Å². The van der Waals surface area contributed by atoms with Crippen LogP contribution in [0.5, 0.6) is 0 Å². The first-order valence-corrected chi connectivity index (χ1v) is 8.32. The van der Waals surface area contributed by atoms with E-state index in [1.807, 2.05) is 19.3 Å². The van der Waals surface area contributed by atoms with E-state index in [-0.39, 0.29) is 0 Å². The van der Waals surface area contributed by atoms with Crippen molar-refractivity contribution < 1.29 is 14.6 Å². The molecule has 0 unspecified atom stereocenters. The van der Waals surface area contributed by atoms with Crippen LogP contribution in [0.4, 0.5) is 0 Å². The fourth-order valence-electron chi connectivity index (χ4n) is 3.98. The summed E-state index contributed by atoms with van der Waals surface area (Å²) < 4.78 is 9.63. The number of carboxylic acids is 1. The molecule has 1 fully saturated rings. The normalized spacial score (nSPS) is 21.6. The molecule has 0 atom stereocenters. The Kier molecular flexibility index (Phi) is 3.57. The van der Waals surface area contributed by atoms with Crippen molar-refractivity contribution in [3.63, 3.8) is 0 Å². The Morgan fingerprint density at radius 1 is 1.25 bits per heavy atom. The van der Waals surface area contributed by atoms with Crippen LogP contribution >= 0.6 is 0 Å². The van der Waals surface area contributed by atoms with E-state index in [1.54, 1.807) is 23.9 Å². The van der Waals surface area contributed by atoms with E-state index in [9.17, 15) is 9.90 Å². The summed E-state index contributed by atoms with van der Waals surface area (Å²) in [6, 6.07) is 5.74. The van der Waals surface area contributed by atoms with Crippen molar-refractivity contribution in [2.75, 3.05) is 7.11 Å². The fraction of sp³-hybridized carbons (Fsp3) is 0.444. The molecular formula is C18H21N3O3. The van der Waals surface area contributed by atoms with Gasteiger partial charge in [0.05, 0.1) is 22.7 Å². The molecule has 1 aliphatic rings. The summed E-state index contributed by atoms with van der Waals surface area (Å²) in [4.78, 5) is 11.3. The second-order valence-electron chi connectivity index (χ2n) is 6.61. The van der Waals surface area contributed by atoms with Crippen LogP contribution in [0.1, 0.15) is 42.1 Å². The molecule has 126 valence electrons. The van der Waals surface area contributed by atoms with E-state index in [4.69, 9.17) is 4.74 Å². The predicted molar refractivity (Wildman–Crippen MR) is 91.5 cm³/mol. The molecule has 1 aromatic carbocycles. The van der Waals surface area contributed by atoms with Crippen molar-refractivity contribution in [3.8, 4) is 0 Å². The molecule has 0 saturated heterocycles. The molecule has 3 aromatic rings. The molecule has 0 amide bonds. The molecule has 24 heavy (non-hydrogen) atoms. The molecule has 2 heterocycles. The molecule has 1 aliphatic carbocycles. The number of methoxy groups -OCH3 is 1. The number of benzene rings is 1. The standard InChI is InChI=1S/C18H21N3O3/c1-20-10-16-17(19-20)14-9-11(18(22)23)3-8-15(14)21(16)12-4-6-13(24-2)7-5-12/h3,8-10,12-13H,4-7H2,1-2H3,(H,22,23)/t12-,13-. The number of hydrogen-bond acceptors (Lipinski definition) is 3. The van der Waals surface area contributed by atoms with Crippen LogP contribution < -0.4 is 0 Å². The van der Waals surface area contributed by atoms with Gasteiger partial charge in [-0.05, 0) is 43.9 Å². The Hall–Kier alpha value is -2.34. The van der Waals surface area contributed by atoms with Gasteiger partial charge in [-0.15, -0.1) is 0 Å². The Balaban J connectivity index is 1.88. The number of fused-ring (bicyclic) bond motifs is 3. The van der Waals surface area contributed by atoms with Gasteiger partial charge in [0.25, 0.3) is 0 Å². The van der Waals surface area contributed by atoms with Gasteiger partial charge in [0.2, 0.25) is 0 Å². The first-order valence-electron chi connectivity index (χ1n) is 8.32. The van der Waals surface area contributed by atoms with Gasteiger partial charge in [0.15, 0.2) is 0 Å². The maximum absolute atomic E-state index is 11.3. The minimum absolute atomic E-state index is 0.301. The van der Waals surface area contributed by atoms with Gasteiger partial charge in [-0.2, -0.15) is 5.10 Å². The van der Waals surface area contributed by atoms with Crippen molar-refractivity contribution in [2.24, 2.45) is 7.05 Å². The number of ether oxygens (including phenoxy) is 1. The number of nitrogens with zero attached hydrogens (tertiary/aromatic N) is 3. The summed E-state index contributed by atoms with van der Waals surface area (Å²) in [5, 5.41) is 14.8. The highest BCUT2D eigenvalue weighted by Crippen LogP contribution is 2.37. The average Bonchev–Trinajstić information content (AvgIpc) is 3.09. The highest BCUT2D eigenvalue weighted by atomic mass is 16.5.